The largest absolute Gasteiger partial charge is 0.495 e. The van der Waals surface area contributed by atoms with Crippen molar-refractivity contribution in [2.24, 2.45) is 0 Å². The highest BCUT2D eigenvalue weighted by Crippen LogP contribution is 2.46. The number of piperazine rings is 1. The summed E-state index contributed by atoms with van der Waals surface area (Å²) >= 11 is 9.55. The van der Waals surface area contributed by atoms with Gasteiger partial charge in [-0.25, -0.2) is 0 Å². The molecular formula is C23H21ClN2O2S2. The number of hydrogen-bond donors (Lipinski definition) is 0. The van der Waals surface area contributed by atoms with Crippen LogP contribution < -0.4 is 9.64 Å². The molecule has 2 aromatic carbocycles. The zero-order chi connectivity index (χ0) is 20.7. The Bertz CT molecular complexity index is 1110. The molecule has 2 aliphatic rings. The lowest BCUT2D eigenvalue weighted by Gasteiger charge is -2.36. The third-order valence-corrected chi connectivity index (χ3v) is 8.12. The second-order valence-electron chi connectivity index (χ2n) is 7.35. The maximum Gasteiger partial charge on any atom is 0.264 e. The molecule has 7 heteroatoms. The number of carbonyl (C=O) groups is 1. The monoisotopic (exact) mass is 456 g/mol. The number of benzene rings is 2. The first-order valence-corrected chi connectivity index (χ1v) is 12.0. The van der Waals surface area contributed by atoms with E-state index in [1.807, 2.05) is 35.2 Å². The van der Waals surface area contributed by atoms with Gasteiger partial charge in [0.1, 0.15) is 5.75 Å². The Morgan fingerprint density at radius 3 is 2.67 bits per heavy atom. The molecule has 5 rings (SSSR count). The number of halogens is 1. The van der Waals surface area contributed by atoms with Crippen molar-refractivity contribution in [1.29, 1.82) is 0 Å². The van der Waals surface area contributed by atoms with E-state index >= 15 is 0 Å². The smallest absolute Gasteiger partial charge is 0.264 e. The Labute approximate surface area is 189 Å². The number of anilines is 1. The van der Waals surface area contributed by atoms with Crippen molar-refractivity contribution in [2.75, 3.05) is 38.2 Å². The molecule has 0 radical (unpaired) electrons. The number of thioether (sulfide) groups is 1. The van der Waals surface area contributed by atoms with Crippen molar-refractivity contribution < 1.29 is 9.53 Å². The molecule has 1 amide bonds. The molecule has 0 N–H and O–H groups in total. The fourth-order valence-electron chi connectivity index (χ4n) is 4.03. The van der Waals surface area contributed by atoms with Gasteiger partial charge in [-0.15, -0.1) is 23.1 Å². The molecular weight excluding hydrogens is 436 g/mol. The number of para-hydroxylation sites is 2. The minimum atomic E-state index is 0.134. The van der Waals surface area contributed by atoms with Crippen LogP contribution in [0.3, 0.4) is 0 Å². The second-order valence-corrected chi connectivity index (χ2v) is 9.85. The molecule has 0 atom stereocenters. The van der Waals surface area contributed by atoms with Crippen LogP contribution in [0.25, 0.3) is 10.4 Å². The summed E-state index contributed by atoms with van der Waals surface area (Å²) in [5, 5.41) is 0.755. The van der Waals surface area contributed by atoms with Crippen LogP contribution in [0, 0.1) is 0 Å². The van der Waals surface area contributed by atoms with Gasteiger partial charge in [-0.2, -0.15) is 0 Å². The number of amides is 1. The third kappa shape index (κ3) is 3.57. The zero-order valence-corrected chi connectivity index (χ0v) is 18.9. The van der Waals surface area contributed by atoms with Crippen LogP contribution in [0.2, 0.25) is 5.02 Å². The number of nitrogens with zero attached hydrogens (tertiary/aromatic N) is 2. The van der Waals surface area contributed by atoms with Gasteiger partial charge in [0.15, 0.2) is 0 Å². The lowest BCUT2D eigenvalue weighted by Crippen LogP contribution is -2.48. The van der Waals surface area contributed by atoms with Gasteiger partial charge >= 0.3 is 0 Å². The van der Waals surface area contributed by atoms with Gasteiger partial charge in [0, 0.05) is 52.3 Å². The van der Waals surface area contributed by atoms with Gasteiger partial charge in [-0.1, -0.05) is 29.8 Å². The summed E-state index contributed by atoms with van der Waals surface area (Å²) in [6, 6.07) is 16.1. The van der Waals surface area contributed by atoms with Gasteiger partial charge in [0.25, 0.3) is 5.91 Å². The van der Waals surface area contributed by atoms with E-state index in [1.165, 1.54) is 20.9 Å². The van der Waals surface area contributed by atoms with E-state index in [1.54, 1.807) is 30.2 Å². The van der Waals surface area contributed by atoms with Crippen molar-refractivity contribution >= 4 is 46.3 Å². The summed E-state index contributed by atoms with van der Waals surface area (Å²) in [5.74, 6) is 1.89. The normalized spacial score (nSPS) is 15.5. The average molecular weight is 457 g/mol. The minimum absolute atomic E-state index is 0.134. The molecule has 0 aliphatic carbocycles. The van der Waals surface area contributed by atoms with Crippen molar-refractivity contribution in [3.63, 3.8) is 0 Å². The van der Waals surface area contributed by atoms with Gasteiger partial charge in [-0.05, 0) is 35.9 Å². The molecule has 0 saturated carbocycles. The maximum absolute atomic E-state index is 13.2. The molecule has 30 heavy (non-hydrogen) atoms. The first-order valence-electron chi connectivity index (χ1n) is 9.86. The molecule has 3 aromatic rings. The van der Waals surface area contributed by atoms with E-state index in [0.29, 0.717) is 13.1 Å². The van der Waals surface area contributed by atoms with Gasteiger partial charge in [-0.3, -0.25) is 4.79 Å². The summed E-state index contributed by atoms with van der Waals surface area (Å²) in [7, 11) is 1.70. The summed E-state index contributed by atoms with van der Waals surface area (Å²) in [5.41, 5.74) is 3.53. The van der Waals surface area contributed by atoms with Gasteiger partial charge in [0.2, 0.25) is 0 Å². The molecule has 1 aromatic heterocycles. The van der Waals surface area contributed by atoms with E-state index in [-0.39, 0.29) is 5.91 Å². The standard InChI is InChI=1S/C23H21ClN2O2S2/c1-28-19-5-3-2-4-18(19)25-8-10-26(11-9-25)23(27)21-12-15-14-29-20-13-16(24)6-7-17(20)22(15)30-21/h2-7,12-13H,8-11,14H2,1H3. The fraction of sp³-hybridized carbons (Fsp3) is 0.261. The van der Waals surface area contributed by atoms with Crippen LogP contribution in [0.15, 0.2) is 53.4 Å². The predicted octanol–water partition coefficient (Wildman–Crippen LogP) is 5.65. The highest BCUT2D eigenvalue weighted by Gasteiger charge is 2.27. The Morgan fingerprint density at radius 1 is 1.07 bits per heavy atom. The Hall–Kier alpha value is -2.15. The molecule has 154 valence electrons. The number of fused-ring (bicyclic) bond motifs is 3. The average Bonchev–Trinajstić information content (AvgIpc) is 3.23. The molecule has 2 aliphatic heterocycles. The van der Waals surface area contributed by atoms with Gasteiger partial charge < -0.3 is 14.5 Å². The molecule has 4 nitrogen and oxygen atoms in total. The SMILES string of the molecule is COc1ccccc1N1CCN(C(=O)c2cc3c(s2)-c2ccc(Cl)cc2SC3)CC1. The van der Waals surface area contributed by atoms with E-state index in [0.717, 1.165) is 40.2 Å². The Kier molecular flexibility index (Phi) is 5.39. The van der Waals surface area contributed by atoms with Crippen LogP contribution in [-0.2, 0) is 5.75 Å². The number of rotatable bonds is 3. The molecule has 3 heterocycles. The summed E-state index contributed by atoms with van der Waals surface area (Å²) in [6.07, 6.45) is 0. The quantitative estimate of drug-likeness (QED) is 0.510. The minimum Gasteiger partial charge on any atom is -0.495 e. The van der Waals surface area contributed by atoms with Gasteiger partial charge in [0.05, 0.1) is 17.7 Å². The zero-order valence-electron chi connectivity index (χ0n) is 16.6. The molecule has 0 unspecified atom stereocenters. The van der Waals surface area contributed by atoms with Crippen LogP contribution in [0.5, 0.6) is 5.75 Å². The predicted molar refractivity (Wildman–Crippen MR) is 125 cm³/mol. The number of methoxy groups -OCH3 is 1. The van der Waals surface area contributed by atoms with Crippen LogP contribution in [-0.4, -0.2) is 44.1 Å². The van der Waals surface area contributed by atoms with E-state index < -0.39 is 0 Å². The molecule has 1 saturated heterocycles. The Balaban J connectivity index is 1.32. The fourth-order valence-corrected chi connectivity index (χ4v) is 6.68. The number of hydrogen-bond acceptors (Lipinski definition) is 5. The van der Waals surface area contributed by atoms with Crippen molar-refractivity contribution in [2.45, 2.75) is 10.6 Å². The summed E-state index contributed by atoms with van der Waals surface area (Å²) in [6.45, 7) is 3.02. The summed E-state index contributed by atoms with van der Waals surface area (Å²) in [4.78, 5) is 20.7. The number of thiophene rings is 1. The van der Waals surface area contributed by atoms with Crippen LogP contribution >= 0.6 is 34.7 Å². The third-order valence-electron chi connectivity index (χ3n) is 5.58. The lowest BCUT2D eigenvalue weighted by molar-refractivity contribution is 0.0751. The van der Waals surface area contributed by atoms with E-state index in [9.17, 15) is 4.79 Å². The van der Waals surface area contributed by atoms with Crippen molar-refractivity contribution in [3.8, 4) is 16.2 Å². The van der Waals surface area contributed by atoms with Crippen molar-refractivity contribution in [1.82, 2.24) is 4.90 Å². The highest BCUT2D eigenvalue weighted by molar-refractivity contribution is 7.98. The number of ether oxygens (including phenoxy) is 1. The maximum atomic E-state index is 13.2. The lowest BCUT2D eigenvalue weighted by atomic mass is 10.1. The molecule has 1 fully saturated rings. The molecule has 0 bridgehead atoms. The first-order chi connectivity index (χ1) is 14.6. The van der Waals surface area contributed by atoms with Crippen LogP contribution in [0.1, 0.15) is 15.2 Å². The first kappa shape index (κ1) is 19.8. The molecule has 0 spiro atoms. The Morgan fingerprint density at radius 2 is 1.87 bits per heavy atom. The number of carbonyl (C=O) groups excluding carboxylic acids is 1. The highest BCUT2D eigenvalue weighted by atomic mass is 35.5. The van der Waals surface area contributed by atoms with E-state index in [4.69, 9.17) is 16.3 Å². The van der Waals surface area contributed by atoms with Crippen LogP contribution in [0.4, 0.5) is 5.69 Å². The topological polar surface area (TPSA) is 32.8 Å². The summed E-state index contributed by atoms with van der Waals surface area (Å²) < 4.78 is 5.49. The second kappa shape index (κ2) is 8.17. The van der Waals surface area contributed by atoms with Crippen molar-refractivity contribution in [3.05, 3.63) is 64.0 Å². The van der Waals surface area contributed by atoms with E-state index in [2.05, 4.69) is 23.1 Å².